The molecule has 0 bridgehead atoms. The van der Waals surface area contributed by atoms with E-state index in [9.17, 15) is 0 Å². The van der Waals surface area contributed by atoms with E-state index in [-0.39, 0.29) is 5.60 Å². The summed E-state index contributed by atoms with van der Waals surface area (Å²) in [5.41, 5.74) is 5.03. The van der Waals surface area contributed by atoms with Crippen LogP contribution in [0.25, 0.3) is 0 Å². The molecule has 0 amide bonds. The van der Waals surface area contributed by atoms with Crippen LogP contribution < -0.4 is 5.73 Å². The van der Waals surface area contributed by atoms with Gasteiger partial charge in [-0.05, 0) is 33.6 Å². The van der Waals surface area contributed by atoms with Crippen LogP contribution in [0.2, 0.25) is 0 Å². The number of rotatable bonds is 4. The van der Waals surface area contributed by atoms with Crippen LogP contribution >= 0.6 is 0 Å². The van der Waals surface area contributed by atoms with Crippen molar-refractivity contribution in [2.24, 2.45) is 5.73 Å². The first-order valence-corrected chi connectivity index (χ1v) is 7.25. The van der Waals surface area contributed by atoms with E-state index in [1.165, 1.54) is 12.8 Å². The Labute approximate surface area is 114 Å². The molecule has 1 heterocycles. The molecule has 1 aliphatic rings. The molecule has 1 aromatic rings. The number of nitrogens with two attached hydrogens (primary N) is 1. The van der Waals surface area contributed by atoms with E-state index in [0.29, 0.717) is 18.3 Å². The average molecular weight is 267 g/mol. The van der Waals surface area contributed by atoms with Crippen molar-refractivity contribution in [3.05, 3.63) is 11.7 Å². The smallest absolute Gasteiger partial charge is 0.246 e. The van der Waals surface area contributed by atoms with Gasteiger partial charge >= 0.3 is 0 Å². The van der Waals surface area contributed by atoms with Crippen molar-refractivity contribution in [3.8, 4) is 0 Å². The number of hydrogen-bond donors (Lipinski definition) is 1. The minimum absolute atomic E-state index is 0.377. The minimum Gasteiger partial charge on any atom is -0.367 e. The molecule has 5 heteroatoms. The third-order valence-electron chi connectivity index (χ3n) is 3.72. The molecule has 0 aliphatic heterocycles. The molecule has 5 nitrogen and oxygen atoms in total. The predicted molar refractivity (Wildman–Crippen MR) is 72.5 cm³/mol. The zero-order valence-corrected chi connectivity index (χ0v) is 12.2. The van der Waals surface area contributed by atoms with Crippen molar-refractivity contribution in [2.75, 3.05) is 6.61 Å². The highest BCUT2D eigenvalue weighted by molar-refractivity contribution is 5.06. The van der Waals surface area contributed by atoms with Crippen LogP contribution in [0.1, 0.15) is 71.0 Å². The number of hydrogen-bond acceptors (Lipinski definition) is 5. The van der Waals surface area contributed by atoms with Crippen molar-refractivity contribution in [2.45, 2.75) is 70.4 Å². The van der Waals surface area contributed by atoms with E-state index < -0.39 is 5.54 Å². The Morgan fingerprint density at radius 1 is 1.26 bits per heavy atom. The van der Waals surface area contributed by atoms with E-state index in [4.69, 9.17) is 15.0 Å². The lowest BCUT2D eigenvalue weighted by molar-refractivity contribution is -0.0636. The number of nitrogens with zero attached hydrogens (tertiary/aromatic N) is 2. The highest BCUT2D eigenvalue weighted by Crippen LogP contribution is 2.38. The highest BCUT2D eigenvalue weighted by Gasteiger charge is 2.39. The van der Waals surface area contributed by atoms with E-state index in [1.807, 2.05) is 20.8 Å². The second kappa shape index (κ2) is 5.59. The average Bonchev–Trinajstić information content (AvgIpc) is 2.73. The van der Waals surface area contributed by atoms with Crippen molar-refractivity contribution < 1.29 is 9.26 Å². The van der Waals surface area contributed by atoms with Gasteiger partial charge in [-0.25, -0.2) is 0 Å². The summed E-state index contributed by atoms with van der Waals surface area (Å²) in [6.45, 7) is 6.41. The molecule has 1 fully saturated rings. The summed E-state index contributed by atoms with van der Waals surface area (Å²) in [7, 11) is 0. The van der Waals surface area contributed by atoms with Crippen LogP contribution in [0, 0.1) is 0 Å². The molecule has 19 heavy (non-hydrogen) atoms. The van der Waals surface area contributed by atoms with Crippen LogP contribution in [0.4, 0.5) is 0 Å². The topological polar surface area (TPSA) is 74.2 Å². The van der Waals surface area contributed by atoms with Gasteiger partial charge < -0.3 is 15.0 Å². The van der Waals surface area contributed by atoms with Gasteiger partial charge in [0.05, 0.1) is 5.54 Å². The molecule has 0 aromatic carbocycles. The Morgan fingerprint density at radius 3 is 2.37 bits per heavy atom. The monoisotopic (exact) mass is 267 g/mol. The second-order valence-corrected chi connectivity index (χ2v) is 5.99. The van der Waals surface area contributed by atoms with Gasteiger partial charge in [0, 0.05) is 6.61 Å². The molecular formula is C14H25N3O2. The number of aromatic nitrogens is 2. The first-order valence-electron chi connectivity index (χ1n) is 7.25. The van der Waals surface area contributed by atoms with Gasteiger partial charge in [0.2, 0.25) is 11.7 Å². The normalized spacial score (nSPS) is 20.2. The maximum Gasteiger partial charge on any atom is 0.246 e. The van der Waals surface area contributed by atoms with E-state index in [0.717, 1.165) is 25.7 Å². The zero-order valence-electron chi connectivity index (χ0n) is 12.2. The lowest BCUT2D eigenvalue weighted by Gasteiger charge is -2.29. The van der Waals surface area contributed by atoms with Gasteiger partial charge in [-0.15, -0.1) is 0 Å². The molecule has 2 rings (SSSR count). The zero-order chi connectivity index (χ0) is 13.9. The Hall–Kier alpha value is -0.940. The van der Waals surface area contributed by atoms with Crippen molar-refractivity contribution in [1.29, 1.82) is 0 Å². The van der Waals surface area contributed by atoms with E-state index in [2.05, 4.69) is 10.1 Å². The Bertz CT molecular complexity index is 401. The van der Waals surface area contributed by atoms with Crippen molar-refractivity contribution in [3.63, 3.8) is 0 Å². The SMILES string of the molecule is CCOC1(c2noc(C(C)(C)N)n2)CCCCCC1. The van der Waals surface area contributed by atoms with Gasteiger partial charge in [0.1, 0.15) is 5.60 Å². The third kappa shape index (κ3) is 3.15. The maximum absolute atomic E-state index is 6.04. The molecule has 2 N–H and O–H groups in total. The molecule has 0 saturated heterocycles. The van der Waals surface area contributed by atoms with Crippen molar-refractivity contribution in [1.82, 2.24) is 10.1 Å². The summed E-state index contributed by atoms with van der Waals surface area (Å²) in [5, 5.41) is 4.15. The molecule has 0 atom stereocenters. The second-order valence-electron chi connectivity index (χ2n) is 5.99. The Kier molecular flexibility index (Phi) is 4.26. The summed E-state index contributed by atoms with van der Waals surface area (Å²) >= 11 is 0. The molecule has 0 radical (unpaired) electrons. The lowest BCUT2D eigenvalue weighted by atomic mass is 9.93. The van der Waals surface area contributed by atoms with Crippen LogP contribution in [-0.2, 0) is 15.9 Å². The Balaban J connectivity index is 2.30. The van der Waals surface area contributed by atoms with Crippen LogP contribution in [0.15, 0.2) is 4.52 Å². The fraction of sp³-hybridized carbons (Fsp3) is 0.857. The van der Waals surface area contributed by atoms with E-state index in [1.54, 1.807) is 0 Å². The van der Waals surface area contributed by atoms with Gasteiger partial charge in [-0.1, -0.05) is 30.8 Å². The summed E-state index contributed by atoms with van der Waals surface area (Å²) in [6, 6.07) is 0. The van der Waals surface area contributed by atoms with Gasteiger partial charge in [0.15, 0.2) is 0 Å². The molecule has 1 saturated carbocycles. The first kappa shape index (κ1) is 14.5. The van der Waals surface area contributed by atoms with Crippen LogP contribution in [0.3, 0.4) is 0 Å². The highest BCUT2D eigenvalue weighted by atomic mass is 16.5. The number of ether oxygens (including phenoxy) is 1. The first-order chi connectivity index (χ1) is 8.98. The van der Waals surface area contributed by atoms with Gasteiger partial charge in [-0.3, -0.25) is 0 Å². The fourth-order valence-corrected chi connectivity index (χ4v) is 2.68. The summed E-state index contributed by atoms with van der Waals surface area (Å²) in [5.74, 6) is 1.15. The molecule has 0 spiro atoms. The minimum atomic E-state index is -0.608. The largest absolute Gasteiger partial charge is 0.367 e. The standard InChI is InChI=1S/C14H25N3O2/c1-4-18-14(9-7-5-6-8-10-14)11-16-12(19-17-11)13(2,3)15/h4-10,15H2,1-3H3. The fourth-order valence-electron chi connectivity index (χ4n) is 2.68. The van der Waals surface area contributed by atoms with E-state index >= 15 is 0 Å². The summed E-state index contributed by atoms with van der Waals surface area (Å²) < 4.78 is 11.4. The molecule has 1 aliphatic carbocycles. The third-order valence-corrected chi connectivity index (χ3v) is 3.72. The van der Waals surface area contributed by atoms with Crippen molar-refractivity contribution >= 4 is 0 Å². The molecular weight excluding hydrogens is 242 g/mol. The maximum atomic E-state index is 6.04. The lowest BCUT2D eigenvalue weighted by Crippen LogP contribution is -2.32. The van der Waals surface area contributed by atoms with Crippen LogP contribution in [-0.4, -0.2) is 16.7 Å². The molecule has 108 valence electrons. The quantitative estimate of drug-likeness (QED) is 0.849. The Morgan fingerprint density at radius 2 is 1.89 bits per heavy atom. The summed E-state index contributed by atoms with van der Waals surface area (Å²) in [6.07, 6.45) is 6.73. The van der Waals surface area contributed by atoms with Crippen LogP contribution in [0.5, 0.6) is 0 Å². The predicted octanol–water partition coefficient (Wildman–Crippen LogP) is 2.85. The van der Waals surface area contributed by atoms with Gasteiger partial charge in [-0.2, -0.15) is 4.98 Å². The summed E-state index contributed by atoms with van der Waals surface area (Å²) in [4.78, 5) is 4.51. The molecule has 0 unspecified atom stereocenters. The molecule has 1 aromatic heterocycles. The van der Waals surface area contributed by atoms with Gasteiger partial charge in [0.25, 0.3) is 0 Å².